The van der Waals surface area contributed by atoms with Crippen LogP contribution < -0.4 is 4.83 Å². The number of amides is 2. The van der Waals surface area contributed by atoms with E-state index in [9.17, 15) is 18.0 Å². The Morgan fingerprint density at radius 1 is 1.00 bits per heavy atom. The van der Waals surface area contributed by atoms with Crippen LogP contribution in [-0.4, -0.2) is 37.9 Å². The maximum absolute atomic E-state index is 12.2. The minimum Gasteiger partial charge on any atom is -0.269 e. The maximum Gasteiger partial charge on any atom is 0.276 e. The normalized spacial score (nSPS) is 14.2. The van der Waals surface area contributed by atoms with Gasteiger partial charge in [0.1, 0.15) is 0 Å². The minimum atomic E-state index is -3.81. The number of sulfonamides is 1. The highest BCUT2D eigenvalue weighted by molar-refractivity contribution is 9.10. The first kappa shape index (κ1) is 17.3. The van der Waals surface area contributed by atoms with Gasteiger partial charge in [-0.25, -0.2) is 4.83 Å². The van der Waals surface area contributed by atoms with Crippen LogP contribution in [0, 0.1) is 0 Å². The Morgan fingerprint density at radius 2 is 1.56 bits per heavy atom. The molecule has 0 fully saturated rings. The molecule has 0 unspecified atom stereocenters. The molecule has 0 bridgehead atoms. The van der Waals surface area contributed by atoms with Gasteiger partial charge in [0.2, 0.25) is 0 Å². The third-order valence-electron chi connectivity index (χ3n) is 3.53. The lowest BCUT2D eigenvalue weighted by Gasteiger charge is -2.10. The van der Waals surface area contributed by atoms with Crippen molar-refractivity contribution >= 4 is 44.0 Å². The molecule has 1 aliphatic rings. The number of carbonyl (C=O) groups is 2. The van der Waals surface area contributed by atoms with E-state index in [1.807, 2.05) is 4.83 Å². The van der Waals surface area contributed by atoms with Crippen molar-refractivity contribution in [1.29, 1.82) is 0 Å². The molecule has 2 amide bonds. The lowest BCUT2D eigenvalue weighted by atomic mass is 10.1. The van der Waals surface area contributed by atoms with Crippen molar-refractivity contribution in [3.05, 3.63) is 64.1 Å². The lowest BCUT2D eigenvalue weighted by molar-refractivity contribution is 0.0679. The summed E-state index contributed by atoms with van der Waals surface area (Å²) < 4.78 is 24.9. The summed E-state index contributed by atoms with van der Waals surface area (Å²) in [5, 5.41) is 3.62. The summed E-state index contributed by atoms with van der Waals surface area (Å²) in [6.07, 6.45) is 1.16. The number of fused-ring (bicyclic) bond motifs is 1. The van der Waals surface area contributed by atoms with Crippen LogP contribution >= 0.6 is 15.9 Å². The molecule has 0 saturated carbocycles. The molecule has 7 nitrogen and oxygen atoms in total. The largest absolute Gasteiger partial charge is 0.276 e. The van der Waals surface area contributed by atoms with Gasteiger partial charge in [-0.1, -0.05) is 28.1 Å². The molecule has 1 aliphatic heterocycles. The third kappa shape index (κ3) is 3.47. The molecule has 2 aromatic rings. The number of hydrogen-bond donors (Lipinski definition) is 1. The number of benzene rings is 2. The van der Waals surface area contributed by atoms with Gasteiger partial charge in [0, 0.05) is 10.7 Å². The van der Waals surface area contributed by atoms with Crippen molar-refractivity contribution in [2.75, 3.05) is 6.54 Å². The van der Waals surface area contributed by atoms with Gasteiger partial charge < -0.3 is 0 Å². The van der Waals surface area contributed by atoms with E-state index in [2.05, 4.69) is 21.0 Å². The van der Waals surface area contributed by atoms with Gasteiger partial charge >= 0.3 is 0 Å². The zero-order valence-corrected chi connectivity index (χ0v) is 15.1. The molecule has 0 spiro atoms. The smallest absolute Gasteiger partial charge is 0.269 e. The van der Waals surface area contributed by atoms with E-state index in [0.29, 0.717) is 11.1 Å². The fraction of sp³-hybridized carbons (Fsp3) is 0.0625. The van der Waals surface area contributed by atoms with Crippen molar-refractivity contribution in [2.45, 2.75) is 4.90 Å². The van der Waals surface area contributed by atoms with E-state index in [-0.39, 0.29) is 11.4 Å². The summed E-state index contributed by atoms with van der Waals surface area (Å²) in [5.41, 5.74) is 0.660. The first-order valence-corrected chi connectivity index (χ1v) is 9.42. The maximum atomic E-state index is 12.2. The van der Waals surface area contributed by atoms with Crippen LogP contribution in [0.1, 0.15) is 20.7 Å². The molecule has 25 heavy (non-hydrogen) atoms. The Hall–Kier alpha value is -2.52. The van der Waals surface area contributed by atoms with E-state index >= 15 is 0 Å². The van der Waals surface area contributed by atoms with E-state index in [4.69, 9.17) is 0 Å². The number of nitrogens with zero attached hydrogens (tertiary/aromatic N) is 2. The second-order valence-electron chi connectivity index (χ2n) is 5.13. The number of rotatable bonds is 5. The molecular formula is C16H12BrN3O4S. The van der Waals surface area contributed by atoms with Crippen molar-refractivity contribution in [2.24, 2.45) is 5.10 Å². The summed E-state index contributed by atoms with van der Waals surface area (Å²) >= 11 is 3.22. The van der Waals surface area contributed by atoms with Gasteiger partial charge in [-0.2, -0.15) is 13.5 Å². The van der Waals surface area contributed by atoms with Gasteiger partial charge in [-0.05, 0) is 36.4 Å². The number of hydrogen-bond acceptors (Lipinski definition) is 5. The third-order valence-corrected chi connectivity index (χ3v) is 5.30. The van der Waals surface area contributed by atoms with Crippen LogP contribution in [0.25, 0.3) is 0 Å². The van der Waals surface area contributed by atoms with E-state index in [0.717, 1.165) is 15.6 Å². The van der Waals surface area contributed by atoms with Crippen LogP contribution in [-0.2, 0) is 10.0 Å². The lowest BCUT2D eigenvalue weighted by Crippen LogP contribution is -2.32. The molecule has 9 heteroatoms. The zero-order valence-electron chi connectivity index (χ0n) is 12.7. The zero-order chi connectivity index (χ0) is 18.0. The minimum absolute atomic E-state index is 0.0496. The molecular weight excluding hydrogens is 410 g/mol. The molecule has 3 rings (SSSR count). The molecule has 0 saturated heterocycles. The highest BCUT2D eigenvalue weighted by Crippen LogP contribution is 2.21. The van der Waals surface area contributed by atoms with E-state index < -0.39 is 21.8 Å². The highest BCUT2D eigenvalue weighted by atomic mass is 79.9. The monoisotopic (exact) mass is 421 g/mol. The number of carbonyl (C=O) groups excluding carboxylic acids is 2. The SMILES string of the molecule is O=C1c2ccccc2C(=O)N1C/C=N/NS(=O)(=O)c1ccc(Br)cc1. The molecule has 1 heterocycles. The Kier molecular flexibility index (Phi) is 4.69. The van der Waals surface area contributed by atoms with Crippen LogP contribution in [0.4, 0.5) is 0 Å². The van der Waals surface area contributed by atoms with E-state index in [1.165, 1.54) is 12.1 Å². The van der Waals surface area contributed by atoms with Crippen molar-refractivity contribution in [3.63, 3.8) is 0 Å². The first-order chi connectivity index (χ1) is 11.9. The second kappa shape index (κ2) is 6.77. The average Bonchev–Trinajstić information content (AvgIpc) is 2.84. The predicted octanol–water partition coefficient (Wildman–Crippen LogP) is 2.01. The molecule has 0 aliphatic carbocycles. The number of imide groups is 1. The molecule has 0 radical (unpaired) electrons. The highest BCUT2D eigenvalue weighted by Gasteiger charge is 2.34. The molecule has 1 N–H and O–H groups in total. The Morgan fingerprint density at radius 3 is 2.12 bits per heavy atom. The first-order valence-electron chi connectivity index (χ1n) is 7.14. The van der Waals surface area contributed by atoms with Crippen LogP contribution in [0.3, 0.4) is 0 Å². The fourth-order valence-electron chi connectivity index (χ4n) is 2.30. The van der Waals surface area contributed by atoms with Gasteiger partial charge in [-0.15, -0.1) is 0 Å². The van der Waals surface area contributed by atoms with Crippen molar-refractivity contribution < 1.29 is 18.0 Å². The predicted molar refractivity (Wildman–Crippen MR) is 94.8 cm³/mol. The summed E-state index contributed by atoms with van der Waals surface area (Å²) in [6.45, 7) is -0.130. The standard InChI is InChI=1S/C16H12BrN3O4S/c17-11-5-7-12(8-6-11)25(23,24)19-18-9-10-20-15(21)13-3-1-2-4-14(13)16(20)22/h1-9,19H,10H2/b18-9+. The van der Waals surface area contributed by atoms with Crippen molar-refractivity contribution in [3.8, 4) is 0 Å². The Bertz CT molecular complexity index is 936. The van der Waals surface area contributed by atoms with Gasteiger partial charge in [-0.3, -0.25) is 14.5 Å². The summed E-state index contributed by atoms with van der Waals surface area (Å²) in [7, 11) is -3.81. The molecule has 0 aromatic heterocycles. The summed E-state index contributed by atoms with van der Waals surface area (Å²) in [5.74, 6) is -0.856. The molecule has 2 aromatic carbocycles. The van der Waals surface area contributed by atoms with Crippen molar-refractivity contribution in [1.82, 2.24) is 9.73 Å². The van der Waals surface area contributed by atoms with Gasteiger partial charge in [0.15, 0.2) is 0 Å². The number of halogens is 1. The van der Waals surface area contributed by atoms with Gasteiger partial charge in [0.05, 0.1) is 22.6 Å². The molecule has 128 valence electrons. The van der Waals surface area contributed by atoms with Crippen LogP contribution in [0.5, 0.6) is 0 Å². The quantitative estimate of drug-likeness (QED) is 0.453. The van der Waals surface area contributed by atoms with Crippen LogP contribution in [0.2, 0.25) is 0 Å². The fourth-order valence-corrected chi connectivity index (χ4v) is 3.38. The number of hydrazone groups is 1. The average molecular weight is 422 g/mol. The van der Waals surface area contributed by atoms with Crippen LogP contribution in [0.15, 0.2) is 63.0 Å². The summed E-state index contributed by atoms with van der Waals surface area (Å²) in [6, 6.07) is 12.5. The van der Waals surface area contributed by atoms with Gasteiger partial charge in [0.25, 0.3) is 21.8 Å². The Balaban J connectivity index is 1.66. The Labute approximate surface area is 152 Å². The second-order valence-corrected chi connectivity index (χ2v) is 7.70. The number of nitrogens with one attached hydrogen (secondary N) is 1. The van der Waals surface area contributed by atoms with E-state index in [1.54, 1.807) is 36.4 Å². The topological polar surface area (TPSA) is 95.9 Å². The molecule has 0 atom stereocenters. The summed E-state index contributed by atoms with van der Waals surface area (Å²) in [4.78, 5) is 27.4.